The molecule has 0 unspecified atom stereocenters. The Kier molecular flexibility index (Phi) is 4.71. The minimum Gasteiger partial charge on any atom is -0.361 e. The summed E-state index contributed by atoms with van der Waals surface area (Å²) in [6, 6.07) is 15.9. The molecule has 0 aromatic heterocycles. The van der Waals surface area contributed by atoms with Crippen LogP contribution in [-0.2, 0) is 9.53 Å². The van der Waals surface area contributed by atoms with Gasteiger partial charge >= 0.3 is 0 Å². The monoisotopic (exact) mass is 378 g/mol. The average Bonchev–Trinajstić information content (AvgIpc) is 2.92. The first kappa shape index (κ1) is 18.7. The Labute approximate surface area is 165 Å². The maximum Gasteiger partial charge on any atom is 0.257 e. The standard InChI is InChI=1S/C23H26N2O3/c1-16-11-17(2)13-19(12-16)21(26)25-9-10-28-23(15-25)20(14-24(3)22(23)27)18-7-5-4-6-8-18/h4-8,11-13,20H,9-10,14-15H2,1-3H3/t20-,23+/m0/s1. The lowest BCUT2D eigenvalue weighted by Gasteiger charge is -2.42. The molecular formula is C23H26N2O3. The normalized spacial score (nSPS) is 24.8. The van der Waals surface area contributed by atoms with Gasteiger partial charge in [0.15, 0.2) is 5.60 Å². The van der Waals surface area contributed by atoms with Gasteiger partial charge in [0.1, 0.15) is 0 Å². The Balaban J connectivity index is 1.67. The average molecular weight is 378 g/mol. The lowest BCUT2D eigenvalue weighted by atomic mass is 9.83. The summed E-state index contributed by atoms with van der Waals surface area (Å²) in [6.07, 6.45) is 0. The quantitative estimate of drug-likeness (QED) is 0.807. The number of carbonyl (C=O) groups excluding carboxylic acids is 2. The van der Waals surface area contributed by atoms with Gasteiger partial charge in [-0.3, -0.25) is 9.59 Å². The van der Waals surface area contributed by atoms with Crippen LogP contribution in [0.5, 0.6) is 0 Å². The van der Waals surface area contributed by atoms with E-state index in [0.717, 1.165) is 16.7 Å². The Morgan fingerprint density at radius 3 is 2.46 bits per heavy atom. The van der Waals surface area contributed by atoms with Crippen LogP contribution in [-0.4, -0.2) is 60.5 Å². The van der Waals surface area contributed by atoms with Crippen molar-refractivity contribution in [2.24, 2.45) is 0 Å². The van der Waals surface area contributed by atoms with Crippen molar-refractivity contribution in [2.75, 3.05) is 33.3 Å². The molecular weight excluding hydrogens is 352 g/mol. The predicted octanol–water partition coefficient (Wildman–Crippen LogP) is 2.77. The third kappa shape index (κ3) is 3.10. The van der Waals surface area contributed by atoms with E-state index in [9.17, 15) is 9.59 Å². The molecule has 0 bridgehead atoms. The number of hydrogen-bond donors (Lipinski definition) is 0. The summed E-state index contributed by atoms with van der Waals surface area (Å²) in [5, 5.41) is 0. The zero-order chi connectivity index (χ0) is 19.9. The molecule has 146 valence electrons. The van der Waals surface area contributed by atoms with Crippen LogP contribution < -0.4 is 0 Å². The number of ether oxygens (including phenoxy) is 1. The number of benzene rings is 2. The summed E-state index contributed by atoms with van der Waals surface area (Å²) < 4.78 is 6.15. The SMILES string of the molecule is Cc1cc(C)cc(C(=O)N2CCO[C@@]3(C2)C(=O)N(C)C[C@H]3c2ccccc2)c1. The first-order chi connectivity index (χ1) is 13.4. The van der Waals surface area contributed by atoms with E-state index in [1.165, 1.54) is 0 Å². The molecule has 2 atom stereocenters. The number of amides is 2. The molecule has 1 spiro atoms. The van der Waals surface area contributed by atoms with E-state index >= 15 is 0 Å². The van der Waals surface area contributed by atoms with Crippen molar-refractivity contribution in [2.45, 2.75) is 25.4 Å². The van der Waals surface area contributed by atoms with Gasteiger partial charge < -0.3 is 14.5 Å². The molecule has 2 aliphatic heterocycles. The smallest absolute Gasteiger partial charge is 0.257 e. The van der Waals surface area contributed by atoms with Crippen molar-refractivity contribution in [1.29, 1.82) is 0 Å². The fraction of sp³-hybridized carbons (Fsp3) is 0.391. The van der Waals surface area contributed by atoms with Gasteiger partial charge in [-0.1, -0.05) is 47.5 Å². The predicted molar refractivity (Wildman–Crippen MR) is 107 cm³/mol. The van der Waals surface area contributed by atoms with Crippen molar-refractivity contribution < 1.29 is 14.3 Å². The van der Waals surface area contributed by atoms with E-state index in [0.29, 0.717) is 25.3 Å². The summed E-state index contributed by atoms with van der Waals surface area (Å²) in [5.74, 6) is -0.177. The summed E-state index contributed by atoms with van der Waals surface area (Å²) in [4.78, 5) is 29.9. The van der Waals surface area contributed by atoms with E-state index in [1.807, 2.05) is 56.3 Å². The molecule has 2 amide bonds. The minimum absolute atomic E-state index is 0.0383. The second kappa shape index (κ2) is 7.06. The summed E-state index contributed by atoms with van der Waals surface area (Å²) in [7, 11) is 1.81. The van der Waals surface area contributed by atoms with Gasteiger partial charge in [0.05, 0.1) is 13.2 Å². The van der Waals surface area contributed by atoms with E-state index in [1.54, 1.807) is 16.8 Å². The van der Waals surface area contributed by atoms with Crippen molar-refractivity contribution in [3.05, 3.63) is 70.8 Å². The van der Waals surface area contributed by atoms with Crippen molar-refractivity contribution in [1.82, 2.24) is 9.80 Å². The number of aryl methyl sites for hydroxylation is 2. The Morgan fingerprint density at radius 1 is 1.11 bits per heavy atom. The van der Waals surface area contributed by atoms with E-state index in [-0.39, 0.29) is 24.3 Å². The fourth-order valence-corrected chi connectivity index (χ4v) is 4.58. The van der Waals surface area contributed by atoms with Crippen LogP contribution >= 0.6 is 0 Å². The Bertz CT molecular complexity index is 891. The van der Waals surface area contributed by atoms with Crippen LogP contribution in [0, 0.1) is 13.8 Å². The highest BCUT2D eigenvalue weighted by molar-refractivity contribution is 5.96. The number of hydrogen-bond acceptors (Lipinski definition) is 3. The van der Waals surface area contributed by atoms with Crippen molar-refractivity contribution >= 4 is 11.8 Å². The molecule has 28 heavy (non-hydrogen) atoms. The second-order valence-electron chi connectivity index (χ2n) is 7.99. The summed E-state index contributed by atoms with van der Waals surface area (Å²) in [6.45, 7) is 5.71. The zero-order valence-corrected chi connectivity index (χ0v) is 16.6. The highest BCUT2D eigenvalue weighted by atomic mass is 16.5. The highest BCUT2D eigenvalue weighted by Crippen LogP contribution is 2.41. The van der Waals surface area contributed by atoms with Gasteiger partial charge in [0.25, 0.3) is 11.8 Å². The third-order valence-electron chi connectivity index (χ3n) is 5.83. The summed E-state index contributed by atoms with van der Waals surface area (Å²) in [5.41, 5.74) is 2.85. The van der Waals surface area contributed by atoms with Crippen LogP contribution in [0.3, 0.4) is 0 Å². The van der Waals surface area contributed by atoms with Crippen molar-refractivity contribution in [3.63, 3.8) is 0 Å². The molecule has 2 saturated heterocycles. The zero-order valence-electron chi connectivity index (χ0n) is 16.6. The van der Waals surface area contributed by atoms with Crippen LogP contribution in [0.4, 0.5) is 0 Å². The number of morpholine rings is 1. The van der Waals surface area contributed by atoms with Crippen LogP contribution in [0.25, 0.3) is 0 Å². The number of rotatable bonds is 2. The summed E-state index contributed by atoms with van der Waals surface area (Å²) >= 11 is 0. The van der Waals surface area contributed by atoms with Gasteiger partial charge in [-0.05, 0) is 31.5 Å². The maximum atomic E-state index is 13.2. The number of likely N-dealkylation sites (tertiary alicyclic amines) is 1. The molecule has 4 rings (SSSR count). The second-order valence-corrected chi connectivity index (χ2v) is 7.99. The lowest BCUT2D eigenvalue weighted by molar-refractivity contribution is -0.159. The molecule has 2 aromatic rings. The first-order valence-electron chi connectivity index (χ1n) is 9.73. The molecule has 2 aromatic carbocycles. The van der Waals surface area contributed by atoms with Crippen molar-refractivity contribution in [3.8, 4) is 0 Å². The van der Waals surface area contributed by atoms with E-state index in [2.05, 4.69) is 6.07 Å². The largest absolute Gasteiger partial charge is 0.361 e. The Hall–Kier alpha value is -2.66. The van der Waals surface area contributed by atoms with Crippen LogP contribution in [0.15, 0.2) is 48.5 Å². The first-order valence-corrected chi connectivity index (χ1v) is 9.73. The molecule has 2 fully saturated rings. The van der Waals surface area contributed by atoms with E-state index < -0.39 is 5.60 Å². The lowest BCUT2D eigenvalue weighted by Crippen LogP contribution is -2.59. The van der Waals surface area contributed by atoms with Gasteiger partial charge in [-0.25, -0.2) is 0 Å². The van der Waals surface area contributed by atoms with Gasteiger partial charge in [-0.2, -0.15) is 0 Å². The van der Waals surface area contributed by atoms with Crippen LogP contribution in [0.2, 0.25) is 0 Å². The fourth-order valence-electron chi connectivity index (χ4n) is 4.58. The highest BCUT2D eigenvalue weighted by Gasteiger charge is 2.57. The maximum absolute atomic E-state index is 13.2. The molecule has 0 radical (unpaired) electrons. The molecule has 5 nitrogen and oxygen atoms in total. The molecule has 0 saturated carbocycles. The van der Waals surface area contributed by atoms with E-state index in [4.69, 9.17) is 4.74 Å². The van der Waals surface area contributed by atoms with Gasteiger partial charge in [0.2, 0.25) is 0 Å². The number of carbonyl (C=O) groups is 2. The molecule has 5 heteroatoms. The van der Waals surface area contributed by atoms with Gasteiger partial charge in [-0.15, -0.1) is 0 Å². The molecule has 0 aliphatic carbocycles. The number of likely N-dealkylation sites (N-methyl/N-ethyl adjacent to an activating group) is 1. The number of nitrogens with zero attached hydrogens (tertiary/aromatic N) is 2. The minimum atomic E-state index is -1.01. The molecule has 2 heterocycles. The molecule has 2 aliphatic rings. The third-order valence-corrected chi connectivity index (χ3v) is 5.83. The Morgan fingerprint density at radius 2 is 1.79 bits per heavy atom. The van der Waals surface area contributed by atoms with Gasteiger partial charge in [0, 0.05) is 31.6 Å². The van der Waals surface area contributed by atoms with Crippen LogP contribution in [0.1, 0.15) is 33.0 Å². The molecule has 0 N–H and O–H groups in total. The topological polar surface area (TPSA) is 49.9 Å².